The minimum Gasteiger partial charge on any atom is -0.341 e. The monoisotopic (exact) mass is 204 g/mol. The topological polar surface area (TPSA) is 65.1 Å². The maximum atomic E-state index is 10.7. The Kier molecular flexibility index (Phi) is 2.00. The highest BCUT2D eigenvalue weighted by molar-refractivity contribution is 5.90. The van der Waals surface area contributed by atoms with E-state index in [1.165, 1.54) is 12.1 Å². The van der Waals surface area contributed by atoms with Crippen LogP contribution in [-0.4, -0.2) is 15.8 Å². The van der Waals surface area contributed by atoms with Gasteiger partial charge in [0.05, 0.1) is 16.1 Å². The van der Waals surface area contributed by atoms with Crippen LogP contribution in [-0.2, 0) is 7.05 Å². The molecule has 76 valence electrons. The first-order chi connectivity index (χ1) is 7.13. The van der Waals surface area contributed by atoms with Crippen LogP contribution in [0, 0.1) is 10.1 Å². The molecule has 0 spiro atoms. The second kappa shape index (κ2) is 3.20. The minimum absolute atomic E-state index is 0.0288. The summed E-state index contributed by atoms with van der Waals surface area (Å²) in [5, 5.41) is 11.4. The molecule has 0 unspecified atom stereocenters. The number of hydrogen-bond acceptors (Lipinski definition) is 3. The van der Waals surface area contributed by atoms with E-state index in [0.29, 0.717) is 11.2 Å². The lowest BCUT2D eigenvalue weighted by molar-refractivity contribution is -0.384. The van der Waals surface area contributed by atoms with E-state index in [1.54, 1.807) is 23.7 Å². The Bertz CT molecular complexity index is 557. The fourth-order valence-corrected chi connectivity index (χ4v) is 1.57. The van der Waals surface area contributed by atoms with Crippen molar-refractivity contribution in [1.82, 2.24) is 4.57 Å². The average molecular weight is 204 g/mol. The summed E-state index contributed by atoms with van der Waals surface area (Å²) in [7, 11) is 1.70. The highest BCUT2D eigenvalue weighted by atomic mass is 16.6. The molecule has 0 aliphatic rings. The molecular formula is C10H8N2O3. The summed E-state index contributed by atoms with van der Waals surface area (Å²) >= 11 is 0. The molecule has 5 nitrogen and oxygen atoms in total. The van der Waals surface area contributed by atoms with Gasteiger partial charge < -0.3 is 4.57 Å². The summed E-state index contributed by atoms with van der Waals surface area (Å²) in [6.07, 6.45) is 0.728. The number of carbonyl (C=O) groups is 1. The zero-order valence-electron chi connectivity index (χ0n) is 8.01. The number of nitrogens with zero attached hydrogens (tertiary/aromatic N) is 2. The van der Waals surface area contributed by atoms with Gasteiger partial charge in [-0.15, -0.1) is 0 Å². The second-order valence-corrected chi connectivity index (χ2v) is 3.25. The number of aryl methyl sites for hydroxylation is 1. The quantitative estimate of drug-likeness (QED) is 0.426. The van der Waals surface area contributed by atoms with E-state index in [2.05, 4.69) is 0 Å². The van der Waals surface area contributed by atoms with Crippen molar-refractivity contribution in [2.24, 2.45) is 7.05 Å². The van der Waals surface area contributed by atoms with E-state index in [0.717, 1.165) is 11.7 Å². The normalized spacial score (nSPS) is 10.5. The molecule has 1 aromatic heterocycles. The molecule has 0 aliphatic carbocycles. The van der Waals surface area contributed by atoms with E-state index >= 15 is 0 Å². The number of rotatable bonds is 2. The maximum Gasteiger partial charge on any atom is 0.271 e. The van der Waals surface area contributed by atoms with Gasteiger partial charge in [0.1, 0.15) is 0 Å². The van der Waals surface area contributed by atoms with Gasteiger partial charge >= 0.3 is 0 Å². The molecule has 0 bridgehead atoms. The fourth-order valence-electron chi connectivity index (χ4n) is 1.57. The van der Waals surface area contributed by atoms with Gasteiger partial charge in [-0.2, -0.15) is 0 Å². The van der Waals surface area contributed by atoms with Crippen LogP contribution in [0.4, 0.5) is 5.69 Å². The molecule has 0 amide bonds. The Labute approximate surface area is 85.1 Å². The van der Waals surface area contributed by atoms with Crippen molar-refractivity contribution >= 4 is 22.9 Å². The number of fused-ring (bicyclic) bond motifs is 1. The highest BCUT2D eigenvalue weighted by Crippen LogP contribution is 2.22. The van der Waals surface area contributed by atoms with Gasteiger partial charge in [-0.05, 0) is 12.1 Å². The van der Waals surface area contributed by atoms with E-state index < -0.39 is 4.92 Å². The summed E-state index contributed by atoms with van der Waals surface area (Å²) in [6.45, 7) is 0. The summed E-state index contributed by atoms with van der Waals surface area (Å²) in [5.41, 5.74) is 1.22. The van der Waals surface area contributed by atoms with Crippen molar-refractivity contribution in [2.45, 2.75) is 0 Å². The van der Waals surface area contributed by atoms with E-state index in [9.17, 15) is 14.9 Å². The zero-order valence-corrected chi connectivity index (χ0v) is 8.01. The second-order valence-electron chi connectivity index (χ2n) is 3.25. The van der Waals surface area contributed by atoms with Gasteiger partial charge in [-0.25, -0.2) is 0 Å². The Morgan fingerprint density at radius 3 is 2.73 bits per heavy atom. The first-order valence-corrected chi connectivity index (χ1v) is 4.32. The largest absolute Gasteiger partial charge is 0.341 e. The minimum atomic E-state index is -0.451. The van der Waals surface area contributed by atoms with Crippen molar-refractivity contribution in [1.29, 1.82) is 0 Å². The number of aromatic nitrogens is 1. The molecule has 2 rings (SSSR count). The molecule has 0 saturated carbocycles. The average Bonchev–Trinajstić information content (AvgIpc) is 2.55. The summed E-state index contributed by atoms with van der Waals surface area (Å²) in [5.74, 6) is 0. The Balaban J connectivity index is 2.75. The first kappa shape index (κ1) is 9.39. The molecule has 5 heteroatoms. The van der Waals surface area contributed by atoms with Gasteiger partial charge in [0.2, 0.25) is 0 Å². The van der Waals surface area contributed by atoms with Crippen LogP contribution in [0.2, 0.25) is 0 Å². The van der Waals surface area contributed by atoms with Gasteiger partial charge in [-0.3, -0.25) is 14.9 Å². The Hall–Kier alpha value is -2.17. The van der Waals surface area contributed by atoms with Gasteiger partial charge in [0.25, 0.3) is 5.69 Å². The van der Waals surface area contributed by atoms with Crippen LogP contribution in [0.5, 0.6) is 0 Å². The molecule has 0 atom stereocenters. The molecule has 1 heterocycles. The number of benzene rings is 1. The third-order valence-corrected chi connectivity index (χ3v) is 2.40. The number of aldehydes is 1. The highest BCUT2D eigenvalue weighted by Gasteiger charge is 2.10. The van der Waals surface area contributed by atoms with Gasteiger partial charge in [0.15, 0.2) is 6.29 Å². The molecule has 0 N–H and O–H groups in total. The molecule has 0 radical (unpaired) electrons. The number of nitro benzene ring substituents is 1. The van der Waals surface area contributed by atoms with Crippen molar-refractivity contribution < 1.29 is 9.72 Å². The van der Waals surface area contributed by atoms with Crippen molar-refractivity contribution in [3.05, 3.63) is 40.1 Å². The SMILES string of the molecule is Cn1c(C=O)cc2ccc([N+](=O)[O-])cc21. The van der Waals surface area contributed by atoms with Crippen LogP contribution in [0.25, 0.3) is 10.9 Å². The molecule has 1 aromatic carbocycles. The van der Waals surface area contributed by atoms with Crippen molar-refractivity contribution in [3.8, 4) is 0 Å². The van der Waals surface area contributed by atoms with E-state index in [-0.39, 0.29) is 5.69 Å². The molecule has 0 fully saturated rings. The molecule has 0 saturated heterocycles. The van der Waals surface area contributed by atoms with Crippen LogP contribution in [0.15, 0.2) is 24.3 Å². The van der Waals surface area contributed by atoms with Gasteiger partial charge in [0, 0.05) is 24.6 Å². The lowest BCUT2D eigenvalue weighted by Gasteiger charge is -1.97. The first-order valence-electron chi connectivity index (χ1n) is 4.32. The van der Waals surface area contributed by atoms with Crippen molar-refractivity contribution in [3.63, 3.8) is 0 Å². The molecule has 15 heavy (non-hydrogen) atoms. The third-order valence-electron chi connectivity index (χ3n) is 2.40. The zero-order chi connectivity index (χ0) is 11.0. The number of carbonyl (C=O) groups excluding carboxylic acids is 1. The number of nitro groups is 1. The summed E-state index contributed by atoms with van der Waals surface area (Å²) < 4.78 is 1.63. The van der Waals surface area contributed by atoms with E-state index in [4.69, 9.17) is 0 Å². The molecule has 2 aromatic rings. The Morgan fingerprint density at radius 2 is 2.13 bits per heavy atom. The van der Waals surface area contributed by atoms with Crippen molar-refractivity contribution in [2.75, 3.05) is 0 Å². The fraction of sp³-hybridized carbons (Fsp3) is 0.100. The van der Waals surface area contributed by atoms with Crippen LogP contribution < -0.4 is 0 Å². The van der Waals surface area contributed by atoms with Gasteiger partial charge in [-0.1, -0.05) is 0 Å². The van der Waals surface area contributed by atoms with E-state index in [1.807, 2.05) is 0 Å². The summed E-state index contributed by atoms with van der Waals surface area (Å²) in [4.78, 5) is 20.8. The Morgan fingerprint density at radius 1 is 1.40 bits per heavy atom. The lowest BCUT2D eigenvalue weighted by atomic mass is 10.2. The maximum absolute atomic E-state index is 10.7. The summed E-state index contributed by atoms with van der Waals surface area (Å²) in [6, 6.07) is 6.23. The smallest absolute Gasteiger partial charge is 0.271 e. The molecule has 0 aliphatic heterocycles. The standard InChI is InChI=1S/C10H8N2O3/c1-11-9(6-13)4-7-2-3-8(12(14)15)5-10(7)11/h2-6H,1H3. The number of hydrogen-bond donors (Lipinski definition) is 0. The van der Waals surface area contributed by atoms with Crippen LogP contribution in [0.1, 0.15) is 10.5 Å². The molecular weight excluding hydrogens is 196 g/mol. The third kappa shape index (κ3) is 1.38. The van der Waals surface area contributed by atoms with Crippen LogP contribution >= 0.6 is 0 Å². The predicted molar refractivity (Wildman–Crippen MR) is 55.0 cm³/mol. The number of non-ortho nitro benzene ring substituents is 1. The lowest BCUT2D eigenvalue weighted by Crippen LogP contribution is -1.94. The predicted octanol–water partition coefficient (Wildman–Crippen LogP) is 1.90. The van der Waals surface area contributed by atoms with Crippen LogP contribution in [0.3, 0.4) is 0 Å².